The van der Waals surface area contributed by atoms with E-state index in [-0.39, 0.29) is 23.2 Å². The van der Waals surface area contributed by atoms with Gasteiger partial charge in [0.2, 0.25) is 5.91 Å². The lowest BCUT2D eigenvalue weighted by atomic mass is 9.99. The molecule has 0 aliphatic carbocycles. The highest BCUT2D eigenvalue weighted by atomic mass is 32.2. The zero-order valence-corrected chi connectivity index (χ0v) is 17.3. The molecule has 2 rings (SSSR count). The lowest BCUT2D eigenvalue weighted by molar-refractivity contribution is -0.145. The molecule has 6 nitrogen and oxygen atoms in total. The number of hydrogen-bond acceptors (Lipinski definition) is 6. The van der Waals surface area contributed by atoms with Crippen molar-refractivity contribution in [2.45, 2.75) is 25.8 Å². The molecule has 0 fully saturated rings. The van der Waals surface area contributed by atoms with Gasteiger partial charge >= 0.3 is 5.97 Å². The van der Waals surface area contributed by atoms with E-state index in [1.54, 1.807) is 12.1 Å². The third-order valence-electron chi connectivity index (χ3n) is 4.36. The molecule has 1 amide bonds. The van der Waals surface area contributed by atoms with E-state index in [1.807, 2.05) is 30.3 Å². The third-order valence-corrected chi connectivity index (χ3v) is 5.34. The van der Waals surface area contributed by atoms with Crippen molar-refractivity contribution in [1.82, 2.24) is 5.32 Å². The number of amides is 1. The van der Waals surface area contributed by atoms with Crippen LogP contribution >= 0.6 is 11.8 Å². The second-order valence-corrected chi connectivity index (χ2v) is 7.84. The van der Waals surface area contributed by atoms with Gasteiger partial charge in [0.05, 0.1) is 13.0 Å². The molecule has 0 spiro atoms. The number of methoxy groups -OCH3 is 1. The fourth-order valence-electron chi connectivity index (χ4n) is 2.84. The van der Waals surface area contributed by atoms with Crippen molar-refractivity contribution in [2.75, 3.05) is 12.9 Å². The van der Waals surface area contributed by atoms with Crippen molar-refractivity contribution >= 4 is 28.8 Å². The Morgan fingerprint density at radius 1 is 1.00 bits per heavy atom. The molecule has 29 heavy (non-hydrogen) atoms. The molecular weight excluding hydrogens is 390 g/mol. The van der Waals surface area contributed by atoms with Gasteiger partial charge < -0.3 is 15.2 Å². The predicted octanol–water partition coefficient (Wildman–Crippen LogP) is 2.73. The van der Waals surface area contributed by atoms with Gasteiger partial charge in [0.25, 0.3) is 0 Å². The van der Waals surface area contributed by atoms with Gasteiger partial charge in [-0.25, -0.2) is 4.79 Å². The Hall–Kier alpha value is -2.80. The van der Waals surface area contributed by atoms with Crippen LogP contribution in [-0.4, -0.2) is 41.0 Å². The SMILES string of the molecule is COC(=O)[C@H](Cc1ccc(O)cc1)NC(=O)C(CSC(C)=O)Cc1ccccc1. The summed E-state index contributed by atoms with van der Waals surface area (Å²) in [5.41, 5.74) is 1.75. The largest absolute Gasteiger partial charge is 0.508 e. The summed E-state index contributed by atoms with van der Waals surface area (Å²) in [6, 6.07) is 15.1. The van der Waals surface area contributed by atoms with Crippen LogP contribution in [0.25, 0.3) is 0 Å². The molecule has 0 aromatic heterocycles. The van der Waals surface area contributed by atoms with Crippen molar-refractivity contribution < 1.29 is 24.2 Å². The van der Waals surface area contributed by atoms with Crippen LogP contribution in [0, 0.1) is 5.92 Å². The maximum Gasteiger partial charge on any atom is 0.328 e. The monoisotopic (exact) mass is 415 g/mol. The van der Waals surface area contributed by atoms with E-state index in [4.69, 9.17) is 4.74 Å². The van der Waals surface area contributed by atoms with Gasteiger partial charge in [-0.05, 0) is 29.7 Å². The molecule has 0 bridgehead atoms. The Morgan fingerprint density at radius 2 is 1.62 bits per heavy atom. The lowest BCUT2D eigenvalue weighted by Gasteiger charge is -2.21. The van der Waals surface area contributed by atoms with E-state index in [2.05, 4.69) is 5.32 Å². The minimum absolute atomic E-state index is 0.0653. The summed E-state index contributed by atoms with van der Waals surface area (Å²) < 4.78 is 4.84. The van der Waals surface area contributed by atoms with Crippen LogP contribution in [0.4, 0.5) is 0 Å². The summed E-state index contributed by atoms with van der Waals surface area (Å²) in [6.07, 6.45) is 0.691. The van der Waals surface area contributed by atoms with Gasteiger partial charge in [0, 0.05) is 19.1 Å². The highest BCUT2D eigenvalue weighted by Gasteiger charge is 2.27. The van der Waals surface area contributed by atoms with Crippen LogP contribution in [0.15, 0.2) is 54.6 Å². The molecule has 2 atom stereocenters. The maximum absolute atomic E-state index is 13.0. The Kier molecular flexibility index (Phi) is 8.73. The summed E-state index contributed by atoms with van der Waals surface area (Å²) >= 11 is 1.09. The zero-order valence-electron chi connectivity index (χ0n) is 16.5. The summed E-state index contributed by atoms with van der Waals surface area (Å²) in [5.74, 6) is -0.890. The minimum Gasteiger partial charge on any atom is -0.508 e. The first-order valence-electron chi connectivity index (χ1n) is 9.22. The summed E-state index contributed by atoms with van der Waals surface area (Å²) in [5, 5.41) is 12.1. The van der Waals surface area contributed by atoms with Crippen LogP contribution < -0.4 is 5.32 Å². The van der Waals surface area contributed by atoms with Crippen LogP contribution in [-0.2, 0) is 32.0 Å². The molecule has 2 aromatic carbocycles. The van der Waals surface area contributed by atoms with Crippen LogP contribution in [0.5, 0.6) is 5.75 Å². The number of ether oxygens (including phenoxy) is 1. The van der Waals surface area contributed by atoms with E-state index >= 15 is 0 Å². The standard InChI is InChI=1S/C22H25NO5S/c1-15(24)29-14-18(12-16-6-4-3-5-7-16)21(26)23-20(22(27)28-2)13-17-8-10-19(25)11-9-17/h3-11,18,20,25H,12-14H2,1-2H3,(H,23,26)/t18?,20-/m0/s1. The fraction of sp³-hybridized carbons (Fsp3) is 0.318. The predicted molar refractivity (Wildman–Crippen MR) is 113 cm³/mol. The second-order valence-electron chi connectivity index (χ2n) is 6.64. The molecule has 1 unspecified atom stereocenters. The van der Waals surface area contributed by atoms with Crippen molar-refractivity contribution in [3.63, 3.8) is 0 Å². The fourth-order valence-corrected chi connectivity index (χ4v) is 3.54. The number of carbonyl (C=O) groups excluding carboxylic acids is 3. The molecule has 0 heterocycles. The number of phenols is 1. The van der Waals surface area contributed by atoms with E-state index < -0.39 is 17.9 Å². The topological polar surface area (TPSA) is 92.7 Å². The summed E-state index contributed by atoms with van der Waals surface area (Å²) in [7, 11) is 1.27. The Bertz CT molecular complexity index is 823. The maximum atomic E-state index is 13.0. The van der Waals surface area contributed by atoms with Gasteiger partial charge in [-0.1, -0.05) is 54.2 Å². The van der Waals surface area contributed by atoms with Crippen LogP contribution in [0.2, 0.25) is 0 Å². The van der Waals surface area contributed by atoms with E-state index in [0.717, 1.165) is 22.9 Å². The normalized spacial score (nSPS) is 12.6. The van der Waals surface area contributed by atoms with E-state index in [1.165, 1.54) is 26.2 Å². The molecular formula is C22H25NO5S. The first-order chi connectivity index (χ1) is 13.9. The highest BCUT2D eigenvalue weighted by molar-refractivity contribution is 8.13. The number of benzene rings is 2. The molecule has 0 aliphatic heterocycles. The van der Waals surface area contributed by atoms with Crippen molar-refractivity contribution in [3.05, 3.63) is 65.7 Å². The average molecular weight is 416 g/mol. The lowest BCUT2D eigenvalue weighted by Crippen LogP contribution is -2.46. The number of thioether (sulfide) groups is 1. The average Bonchev–Trinajstić information content (AvgIpc) is 2.72. The van der Waals surface area contributed by atoms with Crippen LogP contribution in [0.3, 0.4) is 0 Å². The number of aromatic hydroxyl groups is 1. The quantitative estimate of drug-likeness (QED) is 0.612. The Balaban J connectivity index is 2.13. The third kappa shape index (κ3) is 7.62. The summed E-state index contributed by atoms with van der Waals surface area (Å²) in [6.45, 7) is 1.46. The molecule has 154 valence electrons. The molecule has 0 radical (unpaired) electrons. The highest BCUT2D eigenvalue weighted by Crippen LogP contribution is 2.17. The molecule has 2 N–H and O–H groups in total. The zero-order chi connectivity index (χ0) is 21.2. The molecule has 0 aliphatic rings. The first-order valence-corrected chi connectivity index (χ1v) is 10.2. The smallest absolute Gasteiger partial charge is 0.328 e. The number of nitrogens with one attached hydrogen (secondary N) is 1. The van der Waals surface area contributed by atoms with Crippen molar-refractivity contribution in [3.8, 4) is 5.75 Å². The van der Waals surface area contributed by atoms with Crippen LogP contribution in [0.1, 0.15) is 18.1 Å². The molecule has 0 saturated heterocycles. The molecule has 2 aromatic rings. The first kappa shape index (κ1) is 22.5. The van der Waals surface area contributed by atoms with Gasteiger partial charge in [-0.3, -0.25) is 9.59 Å². The van der Waals surface area contributed by atoms with Gasteiger partial charge in [-0.15, -0.1) is 0 Å². The van der Waals surface area contributed by atoms with Gasteiger partial charge in [0.15, 0.2) is 5.12 Å². The van der Waals surface area contributed by atoms with Gasteiger partial charge in [-0.2, -0.15) is 0 Å². The molecule has 7 heteroatoms. The minimum atomic E-state index is -0.863. The number of phenolic OH excluding ortho intramolecular Hbond substituents is 1. The second kappa shape index (κ2) is 11.3. The number of hydrogen-bond donors (Lipinski definition) is 2. The Morgan fingerprint density at radius 3 is 2.21 bits per heavy atom. The number of rotatable bonds is 9. The molecule has 0 saturated carbocycles. The number of esters is 1. The Labute approximate surface area is 174 Å². The van der Waals surface area contributed by atoms with Gasteiger partial charge in [0.1, 0.15) is 11.8 Å². The van der Waals surface area contributed by atoms with E-state index in [0.29, 0.717) is 12.2 Å². The summed E-state index contributed by atoms with van der Waals surface area (Å²) in [4.78, 5) is 36.6. The number of carbonyl (C=O) groups is 3. The van der Waals surface area contributed by atoms with E-state index in [9.17, 15) is 19.5 Å². The van der Waals surface area contributed by atoms with Crippen molar-refractivity contribution in [2.24, 2.45) is 5.92 Å². The van der Waals surface area contributed by atoms with Crippen molar-refractivity contribution in [1.29, 1.82) is 0 Å².